The number of halogens is 1. The molecule has 0 bridgehead atoms. The van der Waals surface area contributed by atoms with E-state index in [0.29, 0.717) is 0 Å². The smallest absolute Gasteiger partial charge is 0.169 e. The van der Waals surface area contributed by atoms with Gasteiger partial charge in [-0.15, -0.1) is 0 Å². The van der Waals surface area contributed by atoms with E-state index >= 15 is 0 Å². The zero-order valence-electron chi connectivity index (χ0n) is 10.7. The van der Waals surface area contributed by atoms with Crippen molar-refractivity contribution in [3.63, 3.8) is 0 Å². The van der Waals surface area contributed by atoms with Crippen molar-refractivity contribution in [1.82, 2.24) is 15.1 Å². The quantitative estimate of drug-likeness (QED) is 0.889. The Balaban J connectivity index is 2.31. The van der Waals surface area contributed by atoms with E-state index in [-0.39, 0.29) is 6.04 Å². The molecule has 0 saturated carbocycles. The van der Waals surface area contributed by atoms with Crippen LogP contribution < -0.4 is 5.32 Å². The number of hydrogen-bond donors (Lipinski definition) is 1. The largest absolute Gasteiger partial charge is 0.452 e. The minimum absolute atomic E-state index is 0.0512. The van der Waals surface area contributed by atoms with Gasteiger partial charge in [0.1, 0.15) is 11.8 Å². The summed E-state index contributed by atoms with van der Waals surface area (Å²) in [6.07, 6.45) is 2.91. The summed E-state index contributed by atoms with van der Waals surface area (Å²) in [4.78, 5) is 0. The van der Waals surface area contributed by atoms with E-state index in [1.807, 2.05) is 29.1 Å². The highest BCUT2D eigenvalue weighted by Gasteiger charge is 2.20. The maximum absolute atomic E-state index is 5.67. The van der Waals surface area contributed by atoms with E-state index < -0.39 is 0 Å². The molecule has 18 heavy (non-hydrogen) atoms. The zero-order valence-corrected chi connectivity index (χ0v) is 12.3. The molecule has 98 valence electrons. The van der Waals surface area contributed by atoms with Crippen LogP contribution in [0.2, 0.25) is 0 Å². The molecule has 0 radical (unpaired) electrons. The maximum atomic E-state index is 5.67. The number of aryl methyl sites for hydroxylation is 1. The van der Waals surface area contributed by atoms with Gasteiger partial charge in [0.15, 0.2) is 4.67 Å². The van der Waals surface area contributed by atoms with Gasteiger partial charge in [-0.3, -0.25) is 4.68 Å². The van der Waals surface area contributed by atoms with E-state index in [4.69, 9.17) is 4.42 Å². The second-order valence-electron chi connectivity index (χ2n) is 4.11. The third-order valence-corrected chi connectivity index (χ3v) is 3.19. The van der Waals surface area contributed by atoms with Gasteiger partial charge in [-0.05, 0) is 47.1 Å². The molecule has 0 aliphatic heterocycles. The fraction of sp³-hybridized carbons (Fsp3) is 0.462. The van der Waals surface area contributed by atoms with Gasteiger partial charge in [0.25, 0.3) is 0 Å². The Bertz CT molecular complexity index is 492. The molecule has 2 rings (SSSR count). The first-order valence-corrected chi connectivity index (χ1v) is 7.05. The van der Waals surface area contributed by atoms with E-state index in [2.05, 4.69) is 40.2 Å². The van der Waals surface area contributed by atoms with Gasteiger partial charge in [0.2, 0.25) is 0 Å². The molecule has 0 aliphatic rings. The van der Waals surface area contributed by atoms with Gasteiger partial charge in [0.05, 0.1) is 5.69 Å². The predicted octanol–water partition coefficient (Wildman–Crippen LogP) is 3.35. The molecular weight excluding hydrogens is 294 g/mol. The Morgan fingerprint density at radius 2 is 2.22 bits per heavy atom. The molecular formula is C13H18BrN3O. The lowest BCUT2D eigenvalue weighted by Gasteiger charge is -2.17. The molecule has 1 N–H and O–H groups in total. The van der Waals surface area contributed by atoms with Crippen LogP contribution in [0.5, 0.6) is 0 Å². The molecule has 0 amide bonds. The van der Waals surface area contributed by atoms with Crippen molar-refractivity contribution in [3.8, 4) is 0 Å². The molecule has 2 aromatic rings. The summed E-state index contributed by atoms with van der Waals surface area (Å²) in [6.45, 7) is 6.04. The monoisotopic (exact) mass is 311 g/mol. The lowest BCUT2D eigenvalue weighted by molar-refractivity contribution is 0.417. The first-order valence-electron chi connectivity index (χ1n) is 6.26. The molecule has 5 heteroatoms. The molecule has 0 saturated heterocycles. The Morgan fingerprint density at radius 3 is 2.83 bits per heavy atom. The van der Waals surface area contributed by atoms with Crippen molar-refractivity contribution < 1.29 is 4.42 Å². The van der Waals surface area contributed by atoms with Crippen molar-refractivity contribution >= 4 is 15.9 Å². The minimum atomic E-state index is 0.0512. The third kappa shape index (κ3) is 2.84. The van der Waals surface area contributed by atoms with Crippen molar-refractivity contribution in [3.05, 3.63) is 40.5 Å². The minimum Gasteiger partial charge on any atom is -0.452 e. The highest BCUT2D eigenvalue weighted by atomic mass is 79.9. The SMILES string of the molecule is CCCn1nccc1C(NCC)c1ccc(Br)o1. The molecule has 0 aliphatic carbocycles. The zero-order chi connectivity index (χ0) is 13.0. The van der Waals surface area contributed by atoms with Crippen molar-refractivity contribution in [2.24, 2.45) is 0 Å². The van der Waals surface area contributed by atoms with E-state index in [1.165, 1.54) is 0 Å². The van der Waals surface area contributed by atoms with E-state index in [9.17, 15) is 0 Å². The Kier molecular flexibility index (Phi) is 4.60. The third-order valence-electron chi connectivity index (χ3n) is 2.77. The maximum Gasteiger partial charge on any atom is 0.169 e. The lowest BCUT2D eigenvalue weighted by atomic mass is 10.1. The van der Waals surface area contributed by atoms with Crippen LogP contribution in [0.3, 0.4) is 0 Å². The molecule has 1 atom stereocenters. The van der Waals surface area contributed by atoms with Gasteiger partial charge in [-0.2, -0.15) is 5.10 Å². The highest BCUT2D eigenvalue weighted by Crippen LogP contribution is 2.26. The first-order chi connectivity index (χ1) is 8.76. The van der Waals surface area contributed by atoms with Crippen molar-refractivity contribution in [1.29, 1.82) is 0 Å². The van der Waals surface area contributed by atoms with Crippen LogP contribution in [0.15, 0.2) is 33.5 Å². The summed E-state index contributed by atoms with van der Waals surface area (Å²) in [5.41, 5.74) is 1.14. The highest BCUT2D eigenvalue weighted by molar-refractivity contribution is 9.10. The van der Waals surface area contributed by atoms with Crippen LogP contribution >= 0.6 is 15.9 Å². The van der Waals surface area contributed by atoms with Gasteiger partial charge >= 0.3 is 0 Å². The molecule has 4 nitrogen and oxygen atoms in total. The second-order valence-corrected chi connectivity index (χ2v) is 4.89. The number of hydrogen-bond acceptors (Lipinski definition) is 3. The Labute approximate surface area is 115 Å². The van der Waals surface area contributed by atoms with Gasteiger partial charge in [0, 0.05) is 12.7 Å². The van der Waals surface area contributed by atoms with Crippen LogP contribution in [0, 0.1) is 0 Å². The average Bonchev–Trinajstić information content (AvgIpc) is 2.96. The second kappa shape index (κ2) is 6.20. The summed E-state index contributed by atoms with van der Waals surface area (Å²) in [5.74, 6) is 0.904. The summed E-state index contributed by atoms with van der Waals surface area (Å²) in [6, 6.07) is 6.00. The summed E-state index contributed by atoms with van der Waals surface area (Å²) in [7, 11) is 0. The number of nitrogens with one attached hydrogen (secondary N) is 1. The van der Waals surface area contributed by atoms with Crippen LogP contribution in [-0.2, 0) is 6.54 Å². The summed E-state index contributed by atoms with van der Waals surface area (Å²) < 4.78 is 8.45. The van der Waals surface area contributed by atoms with E-state index in [0.717, 1.165) is 35.6 Å². The molecule has 1 unspecified atom stereocenters. The summed E-state index contributed by atoms with van der Waals surface area (Å²) >= 11 is 3.35. The average molecular weight is 312 g/mol. The van der Waals surface area contributed by atoms with Gasteiger partial charge < -0.3 is 9.73 Å². The normalized spacial score (nSPS) is 12.8. The molecule has 2 heterocycles. The van der Waals surface area contributed by atoms with Crippen molar-refractivity contribution in [2.75, 3.05) is 6.54 Å². The molecule has 2 aromatic heterocycles. The molecule has 0 spiro atoms. The van der Waals surface area contributed by atoms with Crippen LogP contribution in [0.25, 0.3) is 0 Å². The molecule has 0 aromatic carbocycles. The van der Waals surface area contributed by atoms with Gasteiger partial charge in [-0.1, -0.05) is 13.8 Å². The fourth-order valence-corrected chi connectivity index (χ4v) is 2.34. The first kappa shape index (κ1) is 13.4. The van der Waals surface area contributed by atoms with Crippen molar-refractivity contribution in [2.45, 2.75) is 32.9 Å². The summed E-state index contributed by atoms with van der Waals surface area (Å²) in [5, 5.41) is 7.80. The number of rotatable bonds is 6. The van der Waals surface area contributed by atoms with Crippen LogP contribution in [-0.4, -0.2) is 16.3 Å². The fourth-order valence-electron chi connectivity index (χ4n) is 2.03. The topological polar surface area (TPSA) is 43.0 Å². The predicted molar refractivity (Wildman–Crippen MR) is 74.4 cm³/mol. The number of aromatic nitrogens is 2. The molecule has 0 fully saturated rings. The lowest BCUT2D eigenvalue weighted by Crippen LogP contribution is -2.24. The number of furan rings is 1. The van der Waals surface area contributed by atoms with E-state index in [1.54, 1.807) is 0 Å². The Morgan fingerprint density at radius 1 is 1.39 bits per heavy atom. The van der Waals surface area contributed by atoms with Crippen LogP contribution in [0.1, 0.15) is 37.8 Å². The Hall–Kier alpha value is -1.07. The van der Waals surface area contributed by atoms with Gasteiger partial charge in [-0.25, -0.2) is 0 Å². The van der Waals surface area contributed by atoms with Crippen LogP contribution in [0.4, 0.5) is 0 Å². The number of nitrogens with zero attached hydrogens (tertiary/aromatic N) is 2. The standard InChI is InChI=1S/C13H18BrN3O/c1-3-9-17-10(7-8-16-17)13(15-4-2)11-5-6-12(14)18-11/h5-8,13,15H,3-4,9H2,1-2H3.